The minimum Gasteiger partial charge on any atom is -0.492 e. The molecule has 0 aliphatic rings. The highest BCUT2D eigenvalue weighted by Crippen LogP contribution is 2.34. The molecule has 21 heavy (non-hydrogen) atoms. The molecule has 0 bridgehead atoms. The molecule has 2 nitrogen and oxygen atoms in total. The molecule has 0 saturated heterocycles. The van der Waals surface area contributed by atoms with Gasteiger partial charge in [-0.15, -0.1) is 22.9 Å². The first-order valence-corrected chi connectivity index (χ1v) is 9.33. The van der Waals surface area contributed by atoms with Crippen LogP contribution >= 0.6 is 62.1 Å². The van der Waals surface area contributed by atoms with Gasteiger partial charge in [0.2, 0.25) is 0 Å². The second kappa shape index (κ2) is 8.59. The van der Waals surface area contributed by atoms with Gasteiger partial charge in [-0.3, -0.25) is 0 Å². The lowest BCUT2D eigenvalue weighted by Gasteiger charge is -2.09. The smallest absolute Gasteiger partial charge is 0.139 e. The van der Waals surface area contributed by atoms with E-state index in [1.165, 1.54) is 0 Å². The Labute approximate surface area is 151 Å². The third kappa shape index (κ3) is 5.29. The first kappa shape index (κ1) is 17.4. The van der Waals surface area contributed by atoms with Gasteiger partial charge in [0.25, 0.3) is 0 Å². The van der Waals surface area contributed by atoms with E-state index in [0.717, 1.165) is 34.4 Å². The quantitative estimate of drug-likeness (QED) is 0.290. The number of aromatic nitrogens is 1. The molecule has 0 amide bonds. The Morgan fingerprint density at radius 3 is 2.71 bits per heavy atom. The molecule has 114 valence electrons. The van der Waals surface area contributed by atoms with E-state index in [2.05, 4.69) is 20.9 Å². The highest BCUT2D eigenvalue weighted by molar-refractivity contribution is 9.10. The summed E-state index contributed by atoms with van der Waals surface area (Å²) in [5, 5.41) is 4.27. The molecule has 0 fully saturated rings. The Bertz CT molecular complexity index is 606. The van der Waals surface area contributed by atoms with Crippen molar-refractivity contribution < 1.29 is 4.74 Å². The summed E-state index contributed by atoms with van der Waals surface area (Å²) in [5.74, 6) is 1.09. The maximum atomic E-state index is 6.09. The summed E-state index contributed by atoms with van der Waals surface area (Å²) in [5.41, 5.74) is 0.948. The van der Waals surface area contributed by atoms with Crippen molar-refractivity contribution in [1.29, 1.82) is 0 Å². The van der Waals surface area contributed by atoms with Crippen LogP contribution in [-0.4, -0.2) is 11.6 Å². The zero-order valence-corrected chi connectivity index (χ0v) is 15.7. The minimum atomic E-state index is 0.475. The van der Waals surface area contributed by atoms with E-state index in [-0.39, 0.29) is 0 Å². The first-order valence-electron chi connectivity index (χ1n) is 6.36. The normalized spacial score (nSPS) is 10.9. The van der Waals surface area contributed by atoms with Gasteiger partial charge in [-0.25, -0.2) is 4.98 Å². The summed E-state index contributed by atoms with van der Waals surface area (Å²) >= 11 is 22.8. The fourth-order valence-corrected chi connectivity index (χ4v) is 3.62. The van der Waals surface area contributed by atoms with E-state index in [4.69, 9.17) is 39.5 Å². The number of aryl methyl sites for hydroxylation is 1. The summed E-state index contributed by atoms with van der Waals surface area (Å²) in [6.45, 7) is 0.603. The number of thiazole rings is 1. The average Bonchev–Trinajstić information content (AvgIpc) is 2.92. The molecular weight excluding hydrogens is 416 g/mol. The van der Waals surface area contributed by atoms with E-state index < -0.39 is 0 Å². The highest BCUT2D eigenvalue weighted by Gasteiger charge is 2.07. The van der Waals surface area contributed by atoms with Gasteiger partial charge in [0.1, 0.15) is 5.75 Å². The van der Waals surface area contributed by atoms with Crippen LogP contribution in [0.15, 0.2) is 22.0 Å². The molecular formula is C14H13BrCl3NOS. The van der Waals surface area contributed by atoms with Gasteiger partial charge in [-0.05, 0) is 41.3 Å². The first-order chi connectivity index (χ1) is 10.1. The van der Waals surface area contributed by atoms with E-state index in [9.17, 15) is 0 Å². The van der Waals surface area contributed by atoms with E-state index in [0.29, 0.717) is 28.3 Å². The number of benzene rings is 1. The molecule has 1 aromatic carbocycles. The van der Waals surface area contributed by atoms with E-state index in [1.54, 1.807) is 23.5 Å². The van der Waals surface area contributed by atoms with Crippen molar-refractivity contribution in [3.05, 3.63) is 42.7 Å². The number of nitrogens with zero attached hydrogens (tertiary/aromatic N) is 1. The van der Waals surface area contributed by atoms with Crippen molar-refractivity contribution in [2.45, 2.75) is 25.1 Å². The SMILES string of the molecule is ClCc1csc(CCCCOc2cc(Cl)c(Br)cc2Cl)n1. The van der Waals surface area contributed by atoms with Gasteiger partial charge >= 0.3 is 0 Å². The van der Waals surface area contributed by atoms with Gasteiger partial charge in [-0.2, -0.15) is 0 Å². The predicted molar refractivity (Wildman–Crippen MR) is 94.3 cm³/mol. The molecule has 2 aromatic rings. The van der Waals surface area contributed by atoms with Crippen LogP contribution in [0.3, 0.4) is 0 Å². The number of hydrogen-bond acceptors (Lipinski definition) is 3. The Hall–Kier alpha value is -0.000000000000000167. The summed E-state index contributed by atoms with van der Waals surface area (Å²) in [4.78, 5) is 4.42. The summed E-state index contributed by atoms with van der Waals surface area (Å²) < 4.78 is 6.43. The summed E-state index contributed by atoms with van der Waals surface area (Å²) in [6, 6.07) is 3.46. The second-order valence-electron chi connectivity index (χ2n) is 4.37. The molecule has 1 heterocycles. The lowest BCUT2D eigenvalue weighted by Crippen LogP contribution is -1.99. The Kier molecular flexibility index (Phi) is 7.10. The fourth-order valence-electron chi connectivity index (χ4n) is 1.70. The lowest BCUT2D eigenvalue weighted by atomic mass is 10.2. The maximum Gasteiger partial charge on any atom is 0.139 e. The zero-order valence-electron chi connectivity index (χ0n) is 11.0. The van der Waals surface area contributed by atoms with E-state index in [1.807, 2.05) is 5.38 Å². The van der Waals surface area contributed by atoms with Crippen LogP contribution in [0.5, 0.6) is 5.75 Å². The van der Waals surface area contributed by atoms with Crippen molar-refractivity contribution >= 4 is 62.1 Å². The molecule has 0 unspecified atom stereocenters. The van der Waals surface area contributed by atoms with Crippen molar-refractivity contribution in [2.75, 3.05) is 6.61 Å². The number of unbranched alkanes of at least 4 members (excludes halogenated alkanes) is 1. The Morgan fingerprint density at radius 1 is 1.19 bits per heavy atom. The fraction of sp³-hybridized carbons (Fsp3) is 0.357. The van der Waals surface area contributed by atoms with Gasteiger partial charge in [0.15, 0.2) is 0 Å². The van der Waals surface area contributed by atoms with Gasteiger partial charge in [0, 0.05) is 15.9 Å². The molecule has 0 spiro atoms. The van der Waals surface area contributed by atoms with Crippen LogP contribution in [-0.2, 0) is 12.3 Å². The molecule has 0 aliphatic heterocycles. The molecule has 0 aliphatic carbocycles. The standard InChI is InChI=1S/C14H13BrCl3NOS/c15-10-5-12(18)13(6-11(10)17)20-4-2-1-3-14-19-9(7-16)8-21-14/h5-6,8H,1-4,7H2. The van der Waals surface area contributed by atoms with Crippen LogP contribution in [0, 0.1) is 0 Å². The van der Waals surface area contributed by atoms with Gasteiger partial charge in [0.05, 0.1) is 33.2 Å². The van der Waals surface area contributed by atoms with Crippen molar-refractivity contribution in [3.8, 4) is 5.75 Å². The lowest BCUT2D eigenvalue weighted by molar-refractivity contribution is 0.307. The predicted octanol–water partition coefficient (Wildman–Crippen LogP) is 6.35. The second-order valence-corrected chi connectivity index (χ2v) is 7.25. The minimum absolute atomic E-state index is 0.475. The summed E-state index contributed by atoms with van der Waals surface area (Å²) in [6.07, 6.45) is 2.89. The third-order valence-corrected chi connectivity index (χ3v) is 5.48. The average molecular weight is 430 g/mol. The van der Waals surface area contributed by atoms with Crippen LogP contribution in [0.25, 0.3) is 0 Å². The number of rotatable bonds is 7. The van der Waals surface area contributed by atoms with E-state index >= 15 is 0 Å². The number of ether oxygens (including phenoxy) is 1. The van der Waals surface area contributed by atoms with Crippen LogP contribution in [0.4, 0.5) is 0 Å². The largest absolute Gasteiger partial charge is 0.492 e. The number of alkyl halides is 1. The van der Waals surface area contributed by atoms with Crippen LogP contribution < -0.4 is 4.74 Å². The third-order valence-electron chi connectivity index (χ3n) is 2.75. The zero-order chi connectivity index (χ0) is 15.2. The Morgan fingerprint density at radius 2 is 2.00 bits per heavy atom. The maximum absolute atomic E-state index is 6.09. The molecule has 7 heteroatoms. The van der Waals surface area contributed by atoms with Crippen LogP contribution in [0.2, 0.25) is 10.0 Å². The monoisotopic (exact) mass is 427 g/mol. The number of halogens is 4. The number of hydrogen-bond donors (Lipinski definition) is 0. The molecule has 0 N–H and O–H groups in total. The molecule has 0 radical (unpaired) electrons. The van der Waals surface area contributed by atoms with Crippen molar-refractivity contribution in [1.82, 2.24) is 4.98 Å². The molecule has 0 saturated carbocycles. The van der Waals surface area contributed by atoms with Crippen molar-refractivity contribution in [3.63, 3.8) is 0 Å². The molecule has 0 atom stereocenters. The molecule has 2 rings (SSSR count). The van der Waals surface area contributed by atoms with Gasteiger partial charge < -0.3 is 4.74 Å². The van der Waals surface area contributed by atoms with Crippen molar-refractivity contribution in [2.24, 2.45) is 0 Å². The Balaban J connectivity index is 1.73. The van der Waals surface area contributed by atoms with Gasteiger partial charge in [-0.1, -0.05) is 23.2 Å². The highest BCUT2D eigenvalue weighted by atomic mass is 79.9. The van der Waals surface area contributed by atoms with Crippen LogP contribution in [0.1, 0.15) is 23.5 Å². The molecule has 1 aromatic heterocycles. The topological polar surface area (TPSA) is 22.1 Å². The summed E-state index contributed by atoms with van der Waals surface area (Å²) in [7, 11) is 0.